The lowest BCUT2D eigenvalue weighted by atomic mass is 10.4. The molecule has 114 valence electrons. The van der Waals surface area contributed by atoms with Gasteiger partial charge in [-0.1, -0.05) is 4.99 Å². The van der Waals surface area contributed by atoms with E-state index in [1.807, 2.05) is 0 Å². The summed E-state index contributed by atoms with van der Waals surface area (Å²) in [6.45, 7) is -0.568. The number of carbonyl (C=O) groups is 3. The third-order valence-electron chi connectivity index (χ3n) is 2.09. The smallest absolute Gasteiger partial charge is 0.310 e. The number of aliphatic hydroxyl groups excluding tert-OH is 1. The number of nitrogens with zero attached hydrogens (tertiary/aromatic N) is 1. The molecule has 1 aliphatic heterocycles. The summed E-state index contributed by atoms with van der Waals surface area (Å²) in [6.07, 6.45) is -0.0293. The lowest BCUT2D eigenvalue weighted by Gasteiger charge is -2.09. The van der Waals surface area contributed by atoms with Gasteiger partial charge in [-0.15, -0.1) is 5.06 Å². The van der Waals surface area contributed by atoms with E-state index in [1.165, 1.54) is 0 Å². The van der Waals surface area contributed by atoms with Crippen LogP contribution in [0.25, 0.3) is 0 Å². The van der Waals surface area contributed by atoms with Gasteiger partial charge in [0, 0.05) is 12.8 Å². The minimum atomic E-state index is -0.611. The molecule has 1 saturated heterocycles. The summed E-state index contributed by atoms with van der Waals surface area (Å²) in [4.78, 5) is 42.0. The summed E-state index contributed by atoms with van der Waals surface area (Å²) in [7, 11) is 0. The Labute approximate surface area is 113 Å². The number of rotatable bonds is 10. The molecule has 1 rings (SSSR count). The Bertz CT molecular complexity index is 330. The van der Waals surface area contributed by atoms with E-state index in [9.17, 15) is 14.4 Å². The maximum atomic E-state index is 11.1. The molecule has 0 bridgehead atoms. The van der Waals surface area contributed by atoms with Crippen LogP contribution in [0.4, 0.5) is 0 Å². The van der Waals surface area contributed by atoms with Gasteiger partial charge in [-0.3, -0.25) is 14.4 Å². The Balaban J connectivity index is 1.97. The molecule has 0 aromatic rings. The first-order chi connectivity index (χ1) is 9.65. The molecule has 0 aliphatic carbocycles. The van der Waals surface area contributed by atoms with Gasteiger partial charge in [-0.05, 0) is 5.04 Å². The molecule has 10 nitrogen and oxygen atoms in total. The molecule has 0 spiro atoms. The summed E-state index contributed by atoms with van der Waals surface area (Å²) in [5, 5.41) is 13.0. The number of imide groups is 1. The molecule has 1 fully saturated rings. The Hall–Kier alpha value is -1.59. The Morgan fingerprint density at radius 2 is 1.90 bits per heavy atom. The highest BCUT2D eigenvalue weighted by molar-refractivity contribution is 6.00. The van der Waals surface area contributed by atoms with Crippen LogP contribution in [0, 0.1) is 0 Å². The fourth-order valence-corrected chi connectivity index (χ4v) is 1.15. The maximum absolute atomic E-state index is 11.1. The van der Waals surface area contributed by atoms with Gasteiger partial charge in [-0.2, -0.15) is 0 Å². The summed E-state index contributed by atoms with van der Waals surface area (Å²) in [5.41, 5.74) is 0. The van der Waals surface area contributed by atoms with E-state index in [0.717, 1.165) is 0 Å². The molecule has 1 heterocycles. The molecule has 2 amide bonds. The summed E-state index contributed by atoms with van der Waals surface area (Å²) >= 11 is 0. The van der Waals surface area contributed by atoms with E-state index in [0.29, 0.717) is 5.06 Å². The maximum Gasteiger partial charge on any atom is 0.310 e. The van der Waals surface area contributed by atoms with Crippen molar-refractivity contribution in [3.05, 3.63) is 0 Å². The second kappa shape index (κ2) is 9.34. The minimum absolute atomic E-state index is 0.0579. The third kappa shape index (κ3) is 6.04. The lowest BCUT2D eigenvalue weighted by Crippen LogP contribution is -2.29. The molecule has 0 aromatic heterocycles. The van der Waals surface area contributed by atoms with Crippen molar-refractivity contribution in [1.82, 2.24) is 5.06 Å². The molecule has 1 N–H and O–H groups in total. The highest BCUT2D eigenvalue weighted by atomic mass is 17.5. The zero-order valence-electron chi connectivity index (χ0n) is 10.6. The van der Waals surface area contributed by atoms with E-state index in [-0.39, 0.29) is 45.9 Å². The number of amides is 2. The average Bonchev–Trinajstić information content (AvgIpc) is 2.74. The molecule has 20 heavy (non-hydrogen) atoms. The first-order valence-corrected chi connectivity index (χ1v) is 5.81. The number of aliphatic hydroxyl groups is 1. The first kappa shape index (κ1) is 16.5. The van der Waals surface area contributed by atoms with Gasteiger partial charge in [0.15, 0.2) is 6.79 Å². The van der Waals surface area contributed by atoms with Crippen molar-refractivity contribution >= 4 is 17.8 Å². The zero-order valence-corrected chi connectivity index (χ0v) is 10.6. The Morgan fingerprint density at radius 3 is 2.55 bits per heavy atom. The summed E-state index contributed by atoms with van der Waals surface area (Å²) in [5.74, 6) is -1.67. The quantitative estimate of drug-likeness (QED) is 0.133. The topological polar surface area (TPSA) is 121 Å². The van der Waals surface area contributed by atoms with Crippen LogP contribution in [0.15, 0.2) is 0 Å². The first-order valence-electron chi connectivity index (χ1n) is 5.81. The number of carbonyl (C=O) groups excluding carboxylic acids is 3. The molecule has 1 aliphatic rings. The molecule has 0 unspecified atom stereocenters. The largest absolute Gasteiger partial charge is 0.438 e. The van der Waals surface area contributed by atoms with Crippen LogP contribution < -0.4 is 0 Å². The van der Waals surface area contributed by atoms with Gasteiger partial charge in [0.2, 0.25) is 0 Å². The summed E-state index contributed by atoms with van der Waals surface area (Å²) < 4.78 is 9.29. The van der Waals surface area contributed by atoms with Crippen LogP contribution in [0.5, 0.6) is 0 Å². The normalized spacial score (nSPS) is 14.9. The standard InChI is InChI=1S/C10H15NO9/c12-4-6-16-7-17-10(15)3-5-18-20-19-11-8(13)1-2-9(11)14/h12H,1-7H2. The van der Waals surface area contributed by atoms with E-state index in [2.05, 4.69) is 19.7 Å². The van der Waals surface area contributed by atoms with E-state index < -0.39 is 17.8 Å². The van der Waals surface area contributed by atoms with Crippen LogP contribution in [0.1, 0.15) is 19.3 Å². The van der Waals surface area contributed by atoms with Crippen LogP contribution >= 0.6 is 0 Å². The lowest BCUT2D eigenvalue weighted by molar-refractivity contribution is -0.561. The number of esters is 1. The second-order valence-corrected chi connectivity index (χ2v) is 3.56. The van der Waals surface area contributed by atoms with E-state index in [1.54, 1.807) is 0 Å². The highest BCUT2D eigenvalue weighted by Crippen LogP contribution is 2.12. The Kier molecular flexibility index (Phi) is 7.69. The van der Waals surface area contributed by atoms with Crippen molar-refractivity contribution in [3.8, 4) is 0 Å². The van der Waals surface area contributed by atoms with Crippen molar-refractivity contribution in [2.45, 2.75) is 19.3 Å². The van der Waals surface area contributed by atoms with Crippen LogP contribution in [0.3, 0.4) is 0 Å². The monoisotopic (exact) mass is 293 g/mol. The van der Waals surface area contributed by atoms with Gasteiger partial charge >= 0.3 is 5.97 Å². The molecule has 0 atom stereocenters. The van der Waals surface area contributed by atoms with Crippen molar-refractivity contribution in [3.63, 3.8) is 0 Å². The SMILES string of the molecule is O=C(CCOOON1C(=O)CCC1=O)OCOCCO. The van der Waals surface area contributed by atoms with Crippen LogP contribution in [-0.2, 0) is 38.8 Å². The number of hydrogen-bond donors (Lipinski definition) is 1. The van der Waals surface area contributed by atoms with Gasteiger partial charge < -0.3 is 14.6 Å². The highest BCUT2D eigenvalue weighted by Gasteiger charge is 2.31. The van der Waals surface area contributed by atoms with Crippen molar-refractivity contribution in [2.75, 3.05) is 26.6 Å². The second-order valence-electron chi connectivity index (χ2n) is 3.56. The fraction of sp³-hybridized carbons (Fsp3) is 0.700. The number of ether oxygens (including phenoxy) is 2. The van der Waals surface area contributed by atoms with Gasteiger partial charge in [-0.25, -0.2) is 4.89 Å². The van der Waals surface area contributed by atoms with Crippen molar-refractivity contribution < 1.29 is 43.9 Å². The van der Waals surface area contributed by atoms with Crippen LogP contribution in [0.2, 0.25) is 0 Å². The van der Waals surface area contributed by atoms with Crippen LogP contribution in [-0.4, -0.2) is 54.6 Å². The van der Waals surface area contributed by atoms with Crippen molar-refractivity contribution in [2.24, 2.45) is 0 Å². The minimum Gasteiger partial charge on any atom is -0.438 e. The van der Waals surface area contributed by atoms with Gasteiger partial charge in [0.1, 0.15) is 0 Å². The molecular formula is C10H15NO9. The molecule has 0 saturated carbocycles. The van der Waals surface area contributed by atoms with Gasteiger partial charge in [0.05, 0.1) is 26.2 Å². The average molecular weight is 293 g/mol. The zero-order chi connectivity index (χ0) is 14.8. The number of hydrogen-bond acceptors (Lipinski definition) is 9. The molecule has 10 heteroatoms. The molecule has 0 radical (unpaired) electrons. The fourth-order valence-electron chi connectivity index (χ4n) is 1.15. The Morgan fingerprint density at radius 1 is 1.20 bits per heavy atom. The van der Waals surface area contributed by atoms with E-state index in [4.69, 9.17) is 9.84 Å². The predicted octanol–water partition coefficient (Wildman–Crippen LogP) is -1.17. The predicted molar refractivity (Wildman–Crippen MR) is 57.8 cm³/mol. The molecule has 0 aromatic carbocycles. The van der Waals surface area contributed by atoms with Gasteiger partial charge in [0.25, 0.3) is 11.8 Å². The summed E-state index contributed by atoms with van der Waals surface area (Å²) in [6, 6.07) is 0. The van der Waals surface area contributed by atoms with E-state index >= 15 is 0 Å². The molecular weight excluding hydrogens is 278 g/mol. The number of hydroxylamine groups is 2. The van der Waals surface area contributed by atoms with Crippen molar-refractivity contribution in [1.29, 1.82) is 0 Å². The third-order valence-corrected chi connectivity index (χ3v) is 2.09.